The maximum absolute atomic E-state index is 12.2. The first kappa shape index (κ1) is 18.3. The van der Waals surface area contributed by atoms with Gasteiger partial charge in [-0.2, -0.15) is 0 Å². The molecule has 2 unspecified atom stereocenters. The summed E-state index contributed by atoms with van der Waals surface area (Å²) in [6, 6.07) is 7.31. The van der Waals surface area contributed by atoms with Gasteiger partial charge in [0, 0.05) is 30.4 Å². The predicted octanol–water partition coefficient (Wildman–Crippen LogP) is 1.92. The van der Waals surface area contributed by atoms with Crippen molar-refractivity contribution in [2.24, 2.45) is 0 Å². The summed E-state index contributed by atoms with van der Waals surface area (Å²) >= 11 is 0. The molecule has 0 spiro atoms. The second-order valence-electron chi connectivity index (χ2n) is 6.16. The van der Waals surface area contributed by atoms with Crippen LogP contribution in [0.1, 0.15) is 43.5 Å². The third-order valence-electron chi connectivity index (χ3n) is 4.11. The zero-order valence-corrected chi connectivity index (χ0v) is 14.4. The zero-order valence-electron chi connectivity index (χ0n) is 14.4. The first-order valence-electron chi connectivity index (χ1n) is 8.61. The van der Waals surface area contributed by atoms with E-state index in [4.69, 9.17) is 4.74 Å². The van der Waals surface area contributed by atoms with E-state index in [-0.39, 0.29) is 30.5 Å². The van der Waals surface area contributed by atoms with Crippen LogP contribution in [0.2, 0.25) is 0 Å². The molecule has 6 heteroatoms. The van der Waals surface area contributed by atoms with Crippen molar-refractivity contribution in [3.8, 4) is 0 Å². The Balaban J connectivity index is 1.81. The van der Waals surface area contributed by atoms with Crippen molar-refractivity contribution in [2.45, 2.75) is 45.3 Å². The van der Waals surface area contributed by atoms with Crippen molar-refractivity contribution < 1.29 is 14.3 Å². The van der Waals surface area contributed by atoms with Crippen LogP contribution in [0.15, 0.2) is 24.3 Å². The number of hydrogen-bond donors (Lipinski definition) is 3. The molecular weight excluding hydrogens is 306 g/mol. The molecule has 1 aromatic carbocycles. The van der Waals surface area contributed by atoms with Gasteiger partial charge in [0.05, 0.1) is 12.6 Å². The highest BCUT2D eigenvalue weighted by Crippen LogP contribution is 2.12. The summed E-state index contributed by atoms with van der Waals surface area (Å²) in [5.41, 5.74) is 1.32. The van der Waals surface area contributed by atoms with Gasteiger partial charge in [-0.3, -0.25) is 9.59 Å². The lowest BCUT2D eigenvalue weighted by Gasteiger charge is -2.13. The second-order valence-corrected chi connectivity index (χ2v) is 6.16. The Bertz CT molecular complexity index is 556. The molecule has 132 valence electrons. The fourth-order valence-electron chi connectivity index (χ4n) is 2.49. The molecule has 0 aromatic heterocycles. The molecule has 24 heavy (non-hydrogen) atoms. The summed E-state index contributed by atoms with van der Waals surface area (Å²) in [4.78, 5) is 24.0. The van der Waals surface area contributed by atoms with E-state index in [2.05, 4.69) is 16.0 Å². The van der Waals surface area contributed by atoms with Crippen molar-refractivity contribution in [1.82, 2.24) is 10.6 Å². The average Bonchev–Trinajstić information content (AvgIpc) is 3.11. The van der Waals surface area contributed by atoms with Crippen LogP contribution in [0, 0.1) is 0 Å². The van der Waals surface area contributed by atoms with Gasteiger partial charge in [-0.05, 0) is 44.4 Å². The van der Waals surface area contributed by atoms with E-state index in [0.717, 1.165) is 31.6 Å². The van der Waals surface area contributed by atoms with E-state index < -0.39 is 0 Å². The predicted molar refractivity (Wildman–Crippen MR) is 94.1 cm³/mol. The molecule has 0 bridgehead atoms. The molecule has 3 N–H and O–H groups in total. The molecule has 1 aromatic rings. The van der Waals surface area contributed by atoms with Crippen LogP contribution in [0.4, 0.5) is 5.69 Å². The maximum Gasteiger partial charge on any atom is 0.251 e. The fourth-order valence-corrected chi connectivity index (χ4v) is 2.49. The van der Waals surface area contributed by atoms with E-state index in [1.807, 2.05) is 19.9 Å². The molecule has 6 nitrogen and oxygen atoms in total. The first-order chi connectivity index (χ1) is 11.6. The summed E-state index contributed by atoms with van der Waals surface area (Å²) < 4.78 is 5.50. The SMILES string of the molecule is CCC(C)NC(=O)CNc1cccc(C(=O)NCC2CCCO2)c1. The van der Waals surface area contributed by atoms with Gasteiger partial charge >= 0.3 is 0 Å². The van der Waals surface area contributed by atoms with Crippen LogP contribution in [0.25, 0.3) is 0 Å². The molecule has 1 aliphatic rings. The van der Waals surface area contributed by atoms with Gasteiger partial charge in [-0.25, -0.2) is 0 Å². The fraction of sp³-hybridized carbons (Fsp3) is 0.556. The molecule has 1 heterocycles. The quantitative estimate of drug-likeness (QED) is 0.679. The average molecular weight is 333 g/mol. The van der Waals surface area contributed by atoms with Gasteiger partial charge < -0.3 is 20.7 Å². The Hall–Kier alpha value is -2.08. The molecule has 2 atom stereocenters. The number of rotatable bonds is 8. The van der Waals surface area contributed by atoms with E-state index in [1.54, 1.807) is 18.2 Å². The Morgan fingerprint density at radius 3 is 2.92 bits per heavy atom. The molecule has 1 fully saturated rings. The molecule has 0 saturated carbocycles. The Kier molecular flexibility index (Phi) is 7.06. The van der Waals surface area contributed by atoms with Crippen molar-refractivity contribution in [1.29, 1.82) is 0 Å². The topological polar surface area (TPSA) is 79.5 Å². The molecule has 1 aliphatic heterocycles. The van der Waals surface area contributed by atoms with Crippen molar-refractivity contribution in [3.05, 3.63) is 29.8 Å². The highest BCUT2D eigenvalue weighted by atomic mass is 16.5. The van der Waals surface area contributed by atoms with Gasteiger partial charge in [-0.1, -0.05) is 13.0 Å². The van der Waals surface area contributed by atoms with Crippen LogP contribution in [-0.2, 0) is 9.53 Å². The van der Waals surface area contributed by atoms with Crippen LogP contribution in [0.3, 0.4) is 0 Å². The Labute approximate surface area is 143 Å². The van der Waals surface area contributed by atoms with Crippen LogP contribution in [0.5, 0.6) is 0 Å². The normalized spacial score (nSPS) is 18.0. The number of anilines is 1. The largest absolute Gasteiger partial charge is 0.376 e. The third kappa shape index (κ3) is 5.85. The van der Waals surface area contributed by atoms with E-state index in [0.29, 0.717) is 12.1 Å². The number of carbonyl (C=O) groups is 2. The van der Waals surface area contributed by atoms with Gasteiger partial charge in [-0.15, -0.1) is 0 Å². The number of benzene rings is 1. The molecule has 0 radical (unpaired) electrons. The number of carbonyl (C=O) groups excluding carboxylic acids is 2. The standard InChI is InChI=1S/C18H27N3O3/c1-3-13(2)21-17(22)12-19-15-7-4-6-14(10-15)18(23)20-11-16-8-5-9-24-16/h4,6-7,10,13,16,19H,3,5,8-9,11-12H2,1-2H3,(H,20,23)(H,21,22). The zero-order chi connectivity index (χ0) is 17.4. The lowest BCUT2D eigenvalue weighted by atomic mass is 10.1. The summed E-state index contributed by atoms with van der Waals surface area (Å²) in [5, 5.41) is 8.84. The number of hydrogen-bond acceptors (Lipinski definition) is 4. The van der Waals surface area contributed by atoms with Crippen LogP contribution < -0.4 is 16.0 Å². The lowest BCUT2D eigenvalue weighted by molar-refractivity contribution is -0.120. The second kappa shape index (κ2) is 9.27. The summed E-state index contributed by atoms with van der Waals surface area (Å²) in [7, 11) is 0. The minimum absolute atomic E-state index is 0.0578. The van der Waals surface area contributed by atoms with Gasteiger partial charge in [0.2, 0.25) is 5.91 Å². The van der Waals surface area contributed by atoms with Crippen molar-refractivity contribution in [2.75, 3.05) is 25.0 Å². The number of nitrogens with one attached hydrogen (secondary N) is 3. The lowest BCUT2D eigenvalue weighted by Crippen LogP contribution is -2.36. The summed E-state index contributed by atoms with van der Waals surface area (Å²) in [6.45, 7) is 5.49. The van der Waals surface area contributed by atoms with Crippen molar-refractivity contribution in [3.63, 3.8) is 0 Å². The van der Waals surface area contributed by atoms with E-state index in [1.165, 1.54) is 0 Å². The highest BCUT2D eigenvalue weighted by molar-refractivity contribution is 5.95. The molecule has 0 aliphatic carbocycles. The Morgan fingerprint density at radius 2 is 2.21 bits per heavy atom. The summed E-state index contributed by atoms with van der Waals surface area (Å²) in [5.74, 6) is -0.184. The van der Waals surface area contributed by atoms with Crippen LogP contribution in [-0.4, -0.2) is 43.7 Å². The number of amides is 2. The number of ether oxygens (including phenoxy) is 1. The van der Waals surface area contributed by atoms with Gasteiger partial charge in [0.15, 0.2) is 0 Å². The van der Waals surface area contributed by atoms with Gasteiger partial charge in [0.25, 0.3) is 5.91 Å². The van der Waals surface area contributed by atoms with Crippen molar-refractivity contribution >= 4 is 17.5 Å². The van der Waals surface area contributed by atoms with E-state index in [9.17, 15) is 9.59 Å². The van der Waals surface area contributed by atoms with Gasteiger partial charge in [0.1, 0.15) is 0 Å². The minimum atomic E-state index is -0.127. The molecule has 2 amide bonds. The first-order valence-corrected chi connectivity index (χ1v) is 8.61. The Morgan fingerprint density at radius 1 is 1.38 bits per heavy atom. The molecular formula is C18H27N3O3. The smallest absolute Gasteiger partial charge is 0.251 e. The van der Waals surface area contributed by atoms with E-state index >= 15 is 0 Å². The minimum Gasteiger partial charge on any atom is -0.376 e. The highest BCUT2D eigenvalue weighted by Gasteiger charge is 2.16. The summed E-state index contributed by atoms with van der Waals surface area (Å²) in [6.07, 6.45) is 3.07. The molecule has 2 rings (SSSR count). The van der Waals surface area contributed by atoms with Crippen LogP contribution >= 0.6 is 0 Å². The molecule has 1 saturated heterocycles. The monoisotopic (exact) mass is 333 g/mol. The maximum atomic E-state index is 12.2. The third-order valence-corrected chi connectivity index (χ3v) is 4.11.